The highest BCUT2D eigenvalue weighted by Crippen LogP contribution is 2.53. The summed E-state index contributed by atoms with van der Waals surface area (Å²) in [6, 6.07) is 15.2. The van der Waals surface area contributed by atoms with Gasteiger partial charge in [-0.3, -0.25) is 9.69 Å². The number of halogens is 1. The van der Waals surface area contributed by atoms with Gasteiger partial charge in [0.05, 0.1) is 30.8 Å². The molecule has 1 aromatic heterocycles. The molecule has 1 saturated carbocycles. The van der Waals surface area contributed by atoms with Gasteiger partial charge < -0.3 is 19.4 Å². The summed E-state index contributed by atoms with van der Waals surface area (Å²) < 4.78 is 20.4. The number of aryl methyl sites for hydroxylation is 1. The molecule has 10 heteroatoms. The first-order chi connectivity index (χ1) is 21.8. The van der Waals surface area contributed by atoms with Crippen LogP contribution in [-0.2, 0) is 17.8 Å². The van der Waals surface area contributed by atoms with Gasteiger partial charge in [0.2, 0.25) is 5.91 Å². The number of anilines is 2. The number of fused-ring (bicyclic) bond motifs is 2. The SMILES string of the molecule is C=CC(=O)N1CCN(c2nc(OC[C@@H]3C[C@@H](F)CN3C)nc3c2CC2(CC2)N(c2cccc4cccc(C)c24)C3)C[C@@H]1CC#N. The van der Waals surface area contributed by atoms with Gasteiger partial charge in [0.1, 0.15) is 18.6 Å². The summed E-state index contributed by atoms with van der Waals surface area (Å²) in [5.74, 6) is 0.667. The van der Waals surface area contributed by atoms with Gasteiger partial charge in [0, 0.05) is 60.8 Å². The van der Waals surface area contributed by atoms with E-state index < -0.39 is 6.17 Å². The highest BCUT2D eigenvalue weighted by Gasteiger charge is 2.52. The van der Waals surface area contributed by atoms with Crippen LogP contribution >= 0.6 is 0 Å². The molecule has 3 fully saturated rings. The van der Waals surface area contributed by atoms with E-state index in [0.29, 0.717) is 51.8 Å². The molecule has 3 atom stereocenters. The third kappa shape index (κ3) is 5.37. The largest absolute Gasteiger partial charge is 0.462 e. The van der Waals surface area contributed by atoms with E-state index in [2.05, 4.69) is 65.8 Å². The normalized spacial score (nSPS) is 24.0. The molecule has 0 unspecified atom stereocenters. The molecule has 1 aliphatic carbocycles. The fraction of sp³-hybridized carbons (Fsp3) is 0.486. The average Bonchev–Trinajstić information content (AvgIpc) is 3.73. The van der Waals surface area contributed by atoms with Crippen molar-refractivity contribution in [1.29, 1.82) is 5.26 Å². The third-order valence-corrected chi connectivity index (χ3v) is 10.3. The predicted octanol–water partition coefficient (Wildman–Crippen LogP) is 4.57. The predicted molar refractivity (Wildman–Crippen MR) is 172 cm³/mol. The second-order valence-electron chi connectivity index (χ2n) is 13.1. The van der Waals surface area contributed by atoms with Crippen molar-refractivity contribution >= 4 is 28.2 Å². The number of carbonyl (C=O) groups excluding carboxylic acids is 1. The van der Waals surface area contributed by atoms with Crippen LogP contribution in [0.5, 0.6) is 6.01 Å². The van der Waals surface area contributed by atoms with Crippen molar-refractivity contribution in [2.75, 3.05) is 49.6 Å². The molecule has 4 aliphatic rings. The molecule has 4 heterocycles. The van der Waals surface area contributed by atoms with Crippen LogP contribution in [0.2, 0.25) is 0 Å². The van der Waals surface area contributed by atoms with Crippen molar-refractivity contribution < 1.29 is 13.9 Å². The van der Waals surface area contributed by atoms with Crippen LogP contribution in [0.1, 0.15) is 42.5 Å². The number of nitrogens with zero attached hydrogens (tertiary/aromatic N) is 7. The Bertz CT molecular complexity index is 1680. The zero-order chi connectivity index (χ0) is 31.3. The lowest BCUT2D eigenvalue weighted by atomic mass is 9.92. The van der Waals surface area contributed by atoms with E-state index in [1.807, 2.05) is 11.9 Å². The number of hydrogen-bond donors (Lipinski definition) is 0. The minimum atomic E-state index is -0.859. The quantitative estimate of drug-likeness (QED) is 0.360. The Labute approximate surface area is 263 Å². The molecule has 1 spiro atoms. The molecule has 3 aromatic rings. The molecule has 1 amide bonds. The Morgan fingerprint density at radius 3 is 2.69 bits per heavy atom. The van der Waals surface area contributed by atoms with E-state index >= 15 is 0 Å². The first-order valence-electron chi connectivity index (χ1n) is 16.0. The van der Waals surface area contributed by atoms with Gasteiger partial charge in [-0.2, -0.15) is 15.2 Å². The van der Waals surface area contributed by atoms with Gasteiger partial charge in [-0.1, -0.05) is 36.9 Å². The van der Waals surface area contributed by atoms with E-state index in [1.54, 1.807) is 4.90 Å². The van der Waals surface area contributed by atoms with E-state index in [4.69, 9.17) is 14.7 Å². The molecule has 234 valence electrons. The molecular weight excluding hydrogens is 569 g/mol. The molecular formula is C35H40FN7O2. The van der Waals surface area contributed by atoms with Gasteiger partial charge in [-0.05, 0) is 56.3 Å². The van der Waals surface area contributed by atoms with Crippen LogP contribution in [0.4, 0.5) is 15.9 Å². The van der Waals surface area contributed by atoms with Crippen molar-refractivity contribution in [3.8, 4) is 12.1 Å². The summed E-state index contributed by atoms with van der Waals surface area (Å²) in [5.41, 5.74) is 4.51. The number of likely N-dealkylation sites (tertiary alicyclic amines) is 1. The van der Waals surface area contributed by atoms with Crippen LogP contribution in [0.15, 0.2) is 49.1 Å². The number of ether oxygens (including phenoxy) is 1. The van der Waals surface area contributed by atoms with Crippen molar-refractivity contribution in [2.24, 2.45) is 0 Å². The van der Waals surface area contributed by atoms with Gasteiger partial charge in [-0.25, -0.2) is 4.39 Å². The Morgan fingerprint density at radius 2 is 1.98 bits per heavy atom. The van der Waals surface area contributed by atoms with Gasteiger partial charge >= 0.3 is 6.01 Å². The Balaban J connectivity index is 1.27. The highest BCUT2D eigenvalue weighted by atomic mass is 19.1. The van der Waals surface area contributed by atoms with Crippen LogP contribution in [-0.4, -0.2) is 89.3 Å². The number of alkyl halides is 1. The van der Waals surface area contributed by atoms with Crippen molar-refractivity contribution in [2.45, 2.75) is 69.4 Å². The maximum Gasteiger partial charge on any atom is 0.318 e. The van der Waals surface area contributed by atoms with Crippen molar-refractivity contribution in [3.05, 3.63) is 65.9 Å². The van der Waals surface area contributed by atoms with Crippen LogP contribution < -0.4 is 14.5 Å². The summed E-state index contributed by atoms with van der Waals surface area (Å²) in [7, 11) is 1.92. The zero-order valence-corrected chi connectivity index (χ0v) is 26.1. The topological polar surface area (TPSA) is 88.8 Å². The van der Waals surface area contributed by atoms with E-state index in [0.717, 1.165) is 36.3 Å². The molecule has 0 N–H and O–H groups in total. The summed E-state index contributed by atoms with van der Waals surface area (Å²) >= 11 is 0. The maximum atomic E-state index is 14.1. The van der Waals surface area contributed by atoms with E-state index in [9.17, 15) is 14.4 Å². The first kappa shape index (κ1) is 29.5. The van der Waals surface area contributed by atoms with E-state index in [-0.39, 0.29) is 30.0 Å². The number of benzene rings is 2. The van der Waals surface area contributed by atoms with Crippen molar-refractivity contribution in [1.82, 2.24) is 19.8 Å². The molecule has 45 heavy (non-hydrogen) atoms. The van der Waals surface area contributed by atoms with Crippen LogP contribution in [0.25, 0.3) is 10.8 Å². The number of rotatable bonds is 7. The van der Waals surface area contributed by atoms with E-state index in [1.165, 1.54) is 28.1 Å². The van der Waals surface area contributed by atoms with Gasteiger partial charge in [-0.15, -0.1) is 0 Å². The number of nitriles is 1. The highest BCUT2D eigenvalue weighted by molar-refractivity contribution is 5.97. The summed E-state index contributed by atoms with van der Waals surface area (Å²) in [4.78, 5) is 31.1. The van der Waals surface area contributed by atoms with Crippen molar-refractivity contribution in [3.63, 3.8) is 0 Å². The number of likely N-dealkylation sites (N-methyl/N-ethyl adjacent to an activating group) is 1. The molecule has 3 aliphatic heterocycles. The summed E-state index contributed by atoms with van der Waals surface area (Å²) in [6.45, 7) is 8.72. The fourth-order valence-corrected chi connectivity index (χ4v) is 7.65. The average molecular weight is 610 g/mol. The molecule has 0 radical (unpaired) electrons. The number of carbonyl (C=O) groups is 1. The van der Waals surface area contributed by atoms with Gasteiger partial charge in [0.15, 0.2) is 0 Å². The zero-order valence-electron chi connectivity index (χ0n) is 26.1. The summed E-state index contributed by atoms with van der Waals surface area (Å²) in [5, 5.41) is 12.1. The second-order valence-corrected chi connectivity index (χ2v) is 13.1. The second kappa shape index (κ2) is 11.6. The minimum Gasteiger partial charge on any atom is -0.462 e. The van der Waals surface area contributed by atoms with Gasteiger partial charge in [0.25, 0.3) is 0 Å². The molecule has 9 nitrogen and oxygen atoms in total. The standard InChI is InChI=1S/C35H40FN7O2/c1-4-31(44)42-16-15-41(20-26(42)11-14-37)33-28-18-35(12-13-35)43(30-10-6-9-24-8-5-7-23(2)32(24)30)21-29(28)38-34(39-33)45-22-27-17-25(36)19-40(27)3/h4-10,25-27H,1,11-13,15-22H2,2-3H3/t25-,26+,27+/m1/s1. The molecule has 0 bridgehead atoms. The molecule has 2 aromatic carbocycles. The lowest BCUT2D eigenvalue weighted by Crippen LogP contribution is -2.55. The number of piperazine rings is 1. The number of amides is 1. The summed E-state index contributed by atoms with van der Waals surface area (Å²) in [6.07, 6.45) is 4.10. The Kier molecular flexibility index (Phi) is 7.60. The minimum absolute atomic E-state index is 0.0145. The monoisotopic (exact) mass is 609 g/mol. The number of aromatic nitrogens is 2. The lowest BCUT2D eigenvalue weighted by molar-refractivity contribution is -0.128. The smallest absolute Gasteiger partial charge is 0.318 e. The Hall–Kier alpha value is -4.23. The first-order valence-corrected chi connectivity index (χ1v) is 16.0. The molecule has 7 rings (SSSR count). The third-order valence-electron chi connectivity index (χ3n) is 10.3. The maximum absolute atomic E-state index is 14.1. The Morgan fingerprint density at radius 1 is 1.18 bits per heavy atom. The fourth-order valence-electron chi connectivity index (χ4n) is 7.65. The molecule has 2 saturated heterocycles. The number of hydrogen-bond acceptors (Lipinski definition) is 8. The lowest BCUT2D eigenvalue weighted by Gasteiger charge is -2.44. The van der Waals surface area contributed by atoms with Crippen LogP contribution in [0.3, 0.4) is 0 Å². The van der Waals surface area contributed by atoms with Crippen LogP contribution in [0, 0.1) is 18.3 Å².